The molecule has 1 nitrogen and oxygen atoms in total. The Balaban J connectivity index is 3.49. The van der Waals surface area contributed by atoms with Crippen molar-refractivity contribution in [1.82, 2.24) is 0 Å². The van der Waals surface area contributed by atoms with Crippen LogP contribution in [0.3, 0.4) is 0 Å². The summed E-state index contributed by atoms with van der Waals surface area (Å²) in [6.07, 6.45) is 4.07. The predicted octanol–water partition coefficient (Wildman–Crippen LogP) is 2.36. The fourth-order valence-corrected chi connectivity index (χ4v) is 1.04. The molecule has 1 heteroatoms. The minimum absolute atomic E-state index is 0.273. The maximum atomic E-state index is 8.50. The molecule has 1 N–H and O–H groups in total. The number of aliphatic hydroxyl groups is 1. The van der Waals surface area contributed by atoms with Crippen LogP contribution in [0.1, 0.15) is 33.6 Å². The van der Waals surface area contributed by atoms with Gasteiger partial charge >= 0.3 is 0 Å². The summed E-state index contributed by atoms with van der Waals surface area (Å²) in [5.41, 5.74) is 1.39. The number of rotatable bonds is 4. The molecule has 0 unspecified atom stereocenters. The first-order valence-electron chi connectivity index (χ1n) is 3.93. The second-order valence-electron chi connectivity index (χ2n) is 3.16. The first-order chi connectivity index (χ1) is 4.66. The van der Waals surface area contributed by atoms with Crippen LogP contribution in [0.25, 0.3) is 0 Å². The fourth-order valence-electron chi connectivity index (χ4n) is 1.04. The van der Waals surface area contributed by atoms with Gasteiger partial charge in [-0.05, 0) is 25.7 Å². The monoisotopic (exact) mass is 142 g/mol. The number of hydrogen-bond donors (Lipinski definition) is 1. The Morgan fingerprint density at radius 2 is 2.10 bits per heavy atom. The molecule has 0 heterocycles. The molecule has 0 aromatic carbocycles. The van der Waals surface area contributed by atoms with Gasteiger partial charge < -0.3 is 5.11 Å². The van der Waals surface area contributed by atoms with E-state index in [1.807, 2.05) is 0 Å². The van der Waals surface area contributed by atoms with Gasteiger partial charge in [0.15, 0.2) is 0 Å². The molecule has 0 spiro atoms. The van der Waals surface area contributed by atoms with Crippen molar-refractivity contribution < 1.29 is 5.11 Å². The van der Waals surface area contributed by atoms with Crippen LogP contribution in [0.15, 0.2) is 11.6 Å². The van der Waals surface area contributed by atoms with Gasteiger partial charge in [0.25, 0.3) is 0 Å². The van der Waals surface area contributed by atoms with E-state index >= 15 is 0 Å². The predicted molar refractivity (Wildman–Crippen MR) is 44.9 cm³/mol. The topological polar surface area (TPSA) is 20.2 Å². The summed E-state index contributed by atoms with van der Waals surface area (Å²) in [6, 6.07) is 0. The highest BCUT2D eigenvalue weighted by atomic mass is 16.2. The van der Waals surface area contributed by atoms with Gasteiger partial charge in [0, 0.05) is 6.61 Å². The lowest BCUT2D eigenvalue weighted by Gasteiger charge is -2.03. The highest BCUT2D eigenvalue weighted by molar-refractivity contribution is 4.98. The molecule has 0 rings (SSSR count). The lowest BCUT2D eigenvalue weighted by atomic mass is 10.0. The van der Waals surface area contributed by atoms with Crippen molar-refractivity contribution >= 4 is 0 Å². The molecule has 0 fully saturated rings. The molecule has 0 bridgehead atoms. The quantitative estimate of drug-likeness (QED) is 0.597. The van der Waals surface area contributed by atoms with Gasteiger partial charge in [-0.3, -0.25) is 0 Å². The Morgan fingerprint density at radius 3 is 2.50 bits per heavy atom. The molecule has 0 amide bonds. The first kappa shape index (κ1) is 9.70. The first-order valence-corrected chi connectivity index (χ1v) is 3.93. The lowest BCUT2D eigenvalue weighted by Crippen LogP contribution is -1.88. The van der Waals surface area contributed by atoms with E-state index in [9.17, 15) is 0 Å². The maximum Gasteiger partial charge on any atom is 0.0465 e. The summed E-state index contributed by atoms with van der Waals surface area (Å²) in [4.78, 5) is 0. The van der Waals surface area contributed by atoms with Gasteiger partial charge in [-0.2, -0.15) is 0 Å². The van der Waals surface area contributed by atoms with Gasteiger partial charge in [0.2, 0.25) is 0 Å². The number of allylic oxidation sites excluding steroid dienone is 1. The minimum Gasteiger partial charge on any atom is -0.396 e. The van der Waals surface area contributed by atoms with Crippen molar-refractivity contribution in [2.75, 3.05) is 6.61 Å². The Morgan fingerprint density at radius 1 is 1.50 bits per heavy atom. The van der Waals surface area contributed by atoms with Gasteiger partial charge in [0.05, 0.1) is 0 Å². The van der Waals surface area contributed by atoms with Crippen LogP contribution < -0.4 is 0 Å². The van der Waals surface area contributed by atoms with E-state index in [1.165, 1.54) is 5.57 Å². The summed E-state index contributed by atoms with van der Waals surface area (Å²) >= 11 is 0. The zero-order valence-electron chi connectivity index (χ0n) is 7.22. The third kappa shape index (κ3) is 5.83. The zero-order chi connectivity index (χ0) is 7.98. The molecule has 0 aliphatic carbocycles. The molecule has 0 saturated heterocycles. The number of hydrogen-bond acceptors (Lipinski definition) is 1. The Kier molecular flexibility index (Phi) is 5.32. The van der Waals surface area contributed by atoms with Gasteiger partial charge in [-0.25, -0.2) is 0 Å². The standard InChI is InChI=1S/C9H18O/c1-8(2)7-9(3)5-4-6-10/h5,8,10H,4,6-7H2,1-3H3/b9-5+. The van der Waals surface area contributed by atoms with E-state index in [0.29, 0.717) is 0 Å². The Hall–Kier alpha value is -0.300. The fraction of sp³-hybridized carbons (Fsp3) is 0.778. The summed E-state index contributed by atoms with van der Waals surface area (Å²) in [5, 5.41) is 8.50. The second-order valence-corrected chi connectivity index (χ2v) is 3.16. The van der Waals surface area contributed by atoms with Crippen molar-refractivity contribution in [3.8, 4) is 0 Å². The third-order valence-corrected chi connectivity index (χ3v) is 1.35. The summed E-state index contributed by atoms with van der Waals surface area (Å²) in [6.45, 7) is 6.80. The maximum absolute atomic E-state index is 8.50. The van der Waals surface area contributed by atoms with Crippen LogP contribution in [-0.2, 0) is 0 Å². The van der Waals surface area contributed by atoms with Crippen molar-refractivity contribution in [2.45, 2.75) is 33.6 Å². The summed E-state index contributed by atoms with van der Waals surface area (Å²) < 4.78 is 0. The van der Waals surface area contributed by atoms with Crippen LogP contribution in [0.5, 0.6) is 0 Å². The molecule has 0 radical (unpaired) electrons. The molecule has 0 atom stereocenters. The van der Waals surface area contributed by atoms with Crippen molar-refractivity contribution in [3.63, 3.8) is 0 Å². The molecule has 0 aliphatic heterocycles. The van der Waals surface area contributed by atoms with E-state index in [-0.39, 0.29) is 6.61 Å². The van der Waals surface area contributed by atoms with Crippen LogP contribution in [0.4, 0.5) is 0 Å². The van der Waals surface area contributed by atoms with E-state index in [4.69, 9.17) is 5.11 Å². The molecule has 0 aliphatic rings. The third-order valence-electron chi connectivity index (χ3n) is 1.35. The summed E-state index contributed by atoms with van der Waals surface area (Å²) in [7, 11) is 0. The summed E-state index contributed by atoms with van der Waals surface area (Å²) in [5.74, 6) is 0.731. The van der Waals surface area contributed by atoms with Crippen LogP contribution >= 0.6 is 0 Å². The smallest absolute Gasteiger partial charge is 0.0465 e. The van der Waals surface area contributed by atoms with Crippen molar-refractivity contribution in [1.29, 1.82) is 0 Å². The molecule has 0 aromatic heterocycles. The van der Waals surface area contributed by atoms with Crippen molar-refractivity contribution in [3.05, 3.63) is 11.6 Å². The molecular weight excluding hydrogens is 124 g/mol. The van der Waals surface area contributed by atoms with E-state index in [1.54, 1.807) is 0 Å². The molecule has 10 heavy (non-hydrogen) atoms. The lowest BCUT2D eigenvalue weighted by molar-refractivity contribution is 0.302. The van der Waals surface area contributed by atoms with Crippen LogP contribution in [-0.4, -0.2) is 11.7 Å². The SMILES string of the molecule is C/C(=C\CCO)CC(C)C. The molecule has 0 aromatic rings. The normalized spacial score (nSPS) is 12.7. The van der Waals surface area contributed by atoms with Crippen molar-refractivity contribution in [2.24, 2.45) is 5.92 Å². The van der Waals surface area contributed by atoms with Crippen LogP contribution in [0.2, 0.25) is 0 Å². The Labute approximate surface area is 63.8 Å². The van der Waals surface area contributed by atoms with E-state index in [2.05, 4.69) is 26.8 Å². The van der Waals surface area contributed by atoms with Crippen LogP contribution in [0, 0.1) is 5.92 Å². The molecular formula is C9H18O. The van der Waals surface area contributed by atoms with Gasteiger partial charge in [-0.15, -0.1) is 0 Å². The average Bonchev–Trinajstić information content (AvgIpc) is 1.82. The molecule has 60 valence electrons. The minimum atomic E-state index is 0.273. The van der Waals surface area contributed by atoms with E-state index < -0.39 is 0 Å². The van der Waals surface area contributed by atoms with Gasteiger partial charge in [0.1, 0.15) is 0 Å². The highest BCUT2D eigenvalue weighted by Crippen LogP contribution is 2.09. The average molecular weight is 142 g/mol. The zero-order valence-corrected chi connectivity index (χ0v) is 7.22. The largest absolute Gasteiger partial charge is 0.396 e. The van der Waals surface area contributed by atoms with E-state index in [0.717, 1.165) is 18.8 Å². The van der Waals surface area contributed by atoms with Gasteiger partial charge in [-0.1, -0.05) is 25.5 Å². The Bertz CT molecular complexity index is 103. The highest BCUT2D eigenvalue weighted by Gasteiger charge is 1.93. The number of aliphatic hydroxyl groups excluding tert-OH is 1. The molecule has 0 saturated carbocycles. The second kappa shape index (κ2) is 5.48.